The monoisotopic (exact) mass is 340 g/mol. The number of benzene rings is 1. The minimum Gasteiger partial charge on any atom is -0.464 e. The number of aromatic nitrogens is 3. The van der Waals surface area contributed by atoms with E-state index in [-0.39, 0.29) is 0 Å². The summed E-state index contributed by atoms with van der Waals surface area (Å²) in [4.78, 5) is 13.7. The molecule has 0 atom stereocenters. The molecule has 0 aliphatic heterocycles. The van der Waals surface area contributed by atoms with Gasteiger partial charge in [-0.3, -0.25) is 0 Å². The van der Waals surface area contributed by atoms with E-state index < -0.39 is 0 Å². The van der Waals surface area contributed by atoms with Crippen LogP contribution < -0.4 is 10.1 Å². The van der Waals surface area contributed by atoms with Crippen molar-refractivity contribution >= 4 is 33.6 Å². The van der Waals surface area contributed by atoms with Gasteiger partial charge in [0.05, 0.1) is 6.61 Å². The van der Waals surface area contributed by atoms with Crippen LogP contribution in [0, 0.1) is 0 Å². The topological polar surface area (TPSA) is 59.9 Å². The smallest absolute Gasteiger partial charge is 0.322 e. The number of nitrogens with one attached hydrogen (secondary N) is 1. The Labute approximate surface area is 124 Å². The highest BCUT2D eigenvalue weighted by Crippen LogP contribution is 2.27. The number of hydrogen-bond acceptors (Lipinski definition) is 6. The predicted octanol–water partition coefficient (Wildman–Crippen LogP) is 3.23. The van der Waals surface area contributed by atoms with E-state index in [2.05, 4.69) is 36.2 Å². The van der Waals surface area contributed by atoms with E-state index in [1.807, 2.05) is 31.2 Å². The van der Waals surface area contributed by atoms with Gasteiger partial charge in [-0.1, -0.05) is 15.9 Å². The quantitative estimate of drug-likeness (QED) is 0.901. The predicted molar refractivity (Wildman–Crippen MR) is 78.8 cm³/mol. The summed E-state index contributed by atoms with van der Waals surface area (Å²) in [5.41, 5.74) is 0. The van der Waals surface area contributed by atoms with Gasteiger partial charge in [-0.15, -0.1) is 0 Å². The van der Waals surface area contributed by atoms with Gasteiger partial charge < -0.3 is 10.1 Å². The lowest BCUT2D eigenvalue weighted by molar-refractivity contribution is 0.308. The van der Waals surface area contributed by atoms with E-state index in [0.717, 1.165) is 9.37 Å². The lowest BCUT2D eigenvalue weighted by atomic mass is 10.4. The van der Waals surface area contributed by atoms with Crippen molar-refractivity contribution in [1.82, 2.24) is 15.0 Å². The van der Waals surface area contributed by atoms with Crippen molar-refractivity contribution < 1.29 is 4.74 Å². The standard InChI is InChI=1S/C12H13BrN4OS/c1-3-18-11-15-10(14-2)16-12(17-11)19-9-6-4-8(13)5-7-9/h4-7H,3H2,1-2H3,(H,14,15,16,17). The molecule has 0 aliphatic carbocycles. The second kappa shape index (κ2) is 6.72. The van der Waals surface area contributed by atoms with E-state index in [1.165, 1.54) is 11.8 Å². The van der Waals surface area contributed by atoms with Gasteiger partial charge in [0.1, 0.15) is 0 Å². The molecule has 2 aromatic rings. The molecule has 0 spiro atoms. The van der Waals surface area contributed by atoms with Gasteiger partial charge in [0.2, 0.25) is 11.1 Å². The molecule has 0 aliphatic rings. The zero-order valence-corrected chi connectivity index (χ0v) is 13.0. The Morgan fingerprint density at radius 3 is 2.58 bits per heavy atom. The molecule has 0 radical (unpaired) electrons. The van der Waals surface area contributed by atoms with Crippen LogP contribution in [0.25, 0.3) is 0 Å². The molecule has 2 rings (SSSR count). The molecule has 1 heterocycles. The summed E-state index contributed by atoms with van der Waals surface area (Å²) in [5, 5.41) is 3.50. The largest absolute Gasteiger partial charge is 0.464 e. The number of hydrogen-bond donors (Lipinski definition) is 1. The number of rotatable bonds is 5. The van der Waals surface area contributed by atoms with E-state index in [0.29, 0.717) is 23.7 Å². The summed E-state index contributed by atoms with van der Waals surface area (Å²) in [6.45, 7) is 2.42. The average molecular weight is 341 g/mol. The Bertz CT molecular complexity index is 550. The van der Waals surface area contributed by atoms with Crippen LogP contribution in [0.15, 0.2) is 38.8 Å². The number of anilines is 1. The maximum Gasteiger partial charge on any atom is 0.322 e. The molecule has 0 unspecified atom stereocenters. The van der Waals surface area contributed by atoms with E-state index >= 15 is 0 Å². The van der Waals surface area contributed by atoms with Crippen LogP contribution in [0.2, 0.25) is 0 Å². The lowest BCUT2D eigenvalue weighted by Gasteiger charge is -2.06. The maximum absolute atomic E-state index is 5.32. The third-order valence-corrected chi connectivity index (χ3v) is 3.52. The first-order valence-electron chi connectivity index (χ1n) is 5.71. The molecule has 0 saturated heterocycles. The van der Waals surface area contributed by atoms with Gasteiger partial charge in [-0.25, -0.2) is 0 Å². The fourth-order valence-electron chi connectivity index (χ4n) is 1.30. The summed E-state index contributed by atoms with van der Waals surface area (Å²) in [6, 6.07) is 8.29. The third-order valence-electron chi connectivity index (χ3n) is 2.11. The van der Waals surface area contributed by atoms with Gasteiger partial charge in [0, 0.05) is 16.4 Å². The first-order valence-corrected chi connectivity index (χ1v) is 7.32. The van der Waals surface area contributed by atoms with Gasteiger partial charge in [-0.2, -0.15) is 15.0 Å². The molecule has 1 aromatic carbocycles. The van der Waals surface area contributed by atoms with Crippen LogP contribution in [-0.2, 0) is 0 Å². The fraction of sp³-hybridized carbons (Fsp3) is 0.250. The van der Waals surface area contributed by atoms with Crippen LogP contribution in [0.1, 0.15) is 6.92 Å². The zero-order chi connectivity index (χ0) is 13.7. The first-order chi connectivity index (χ1) is 9.21. The molecule has 7 heteroatoms. The highest BCUT2D eigenvalue weighted by Gasteiger charge is 2.08. The molecule has 5 nitrogen and oxygen atoms in total. The van der Waals surface area contributed by atoms with Crippen molar-refractivity contribution in [2.75, 3.05) is 19.0 Å². The highest BCUT2D eigenvalue weighted by molar-refractivity contribution is 9.10. The van der Waals surface area contributed by atoms with Crippen LogP contribution >= 0.6 is 27.7 Å². The Balaban J connectivity index is 2.23. The van der Waals surface area contributed by atoms with E-state index in [1.54, 1.807) is 7.05 Å². The molecule has 1 N–H and O–H groups in total. The minimum absolute atomic E-state index is 0.335. The van der Waals surface area contributed by atoms with Crippen molar-refractivity contribution in [3.8, 4) is 6.01 Å². The number of halogens is 1. The summed E-state index contributed by atoms with van der Waals surface area (Å²) < 4.78 is 6.36. The Hall–Kier alpha value is -1.34. The van der Waals surface area contributed by atoms with E-state index in [9.17, 15) is 0 Å². The maximum atomic E-state index is 5.32. The minimum atomic E-state index is 0.335. The molecular weight excluding hydrogens is 328 g/mol. The van der Waals surface area contributed by atoms with Gasteiger partial charge in [0.15, 0.2) is 0 Å². The summed E-state index contributed by atoms with van der Waals surface area (Å²) in [6.07, 6.45) is 0. The van der Waals surface area contributed by atoms with E-state index in [4.69, 9.17) is 4.74 Å². The van der Waals surface area contributed by atoms with Crippen molar-refractivity contribution in [2.24, 2.45) is 0 Å². The second-order valence-corrected chi connectivity index (χ2v) is 5.42. The molecule has 0 fully saturated rings. The normalized spacial score (nSPS) is 10.3. The van der Waals surface area contributed by atoms with Crippen molar-refractivity contribution in [2.45, 2.75) is 17.0 Å². The SMILES string of the molecule is CCOc1nc(NC)nc(Sc2ccc(Br)cc2)n1. The highest BCUT2D eigenvalue weighted by atomic mass is 79.9. The van der Waals surface area contributed by atoms with Crippen LogP contribution in [0.3, 0.4) is 0 Å². The van der Waals surface area contributed by atoms with Gasteiger partial charge >= 0.3 is 6.01 Å². The van der Waals surface area contributed by atoms with Gasteiger partial charge in [-0.05, 0) is 43.0 Å². The molecule has 0 amide bonds. The summed E-state index contributed by atoms with van der Waals surface area (Å²) in [7, 11) is 1.76. The zero-order valence-electron chi connectivity index (χ0n) is 10.6. The second-order valence-electron chi connectivity index (χ2n) is 3.46. The molecule has 0 saturated carbocycles. The van der Waals surface area contributed by atoms with Crippen molar-refractivity contribution in [3.05, 3.63) is 28.7 Å². The van der Waals surface area contributed by atoms with Crippen molar-refractivity contribution in [1.29, 1.82) is 0 Å². The average Bonchev–Trinajstić information content (AvgIpc) is 2.41. The Morgan fingerprint density at radius 2 is 1.95 bits per heavy atom. The molecule has 0 bridgehead atoms. The molecule has 1 aromatic heterocycles. The summed E-state index contributed by atoms with van der Waals surface area (Å²) >= 11 is 4.87. The molecule has 100 valence electrons. The van der Waals surface area contributed by atoms with Crippen LogP contribution in [-0.4, -0.2) is 28.6 Å². The van der Waals surface area contributed by atoms with Crippen LogP contribution in [0.5, 0.6) is 6.01 Å². The van der Waals surface area contributed by atoms with Crippen LogP contribution in [0.4, 0.5) is 5.95 Å². The fourth-order valence-corrected chi connectivity index (χ4v) is 2.30. The van der Waals surface area contributed by atoms with Crippen molar-refractivity contribution in [3.63, 3.8) is 0 Å². The molecule has 19 heavy (non-hydrogen) atoms. The number of ether oxygens (including phenoxy) is 1. The Kier molecular flexibility index (Phi) is 4.98. The first kappa shape index (κ1) is 14.1. The number of nitrogens with zero attached hydrogens (tertiary/aromatic N) is 3. The third kappa shape index (κ3) is 4.07. The Morgan fingerprint density at radius 1 is 1.21 bits per heavy atom. The van der Waals surface area contributed by atoms with Gasteiger partial charge in [0.25, 0.3) is 0 Å². The summed E-state index contributed by atoms with van der Waals surface area (Å²) in [5.74, 6) is 0.498. The lowest BCUT2D eigenvalue weighted by Crippen LogP contribution is -2.04. The molecular formula is C12H13BrN4OS.